The second-order valence-corrected chi connectivity index (χ2v) is 4.96. The van der Waals surface area contributed by atoms with Gasteiger partial charge in [-0.1, -0.05) is 12.8 Å². The van der Waals surface area contributed by atoms with E-state index >= 15 is 0 Å². The predicted octanol–water partition coefficient (Wildman–Crippen LogP) is 2.29. The molecule has 1 aromatic carbocycles. The maximum absolute atomic E-state index is 10.8. The van der Waals surface area contributed by atoms with Gasteiger partial charge in [0.2, 0.25) is 0 Å². The van der Waals surface area contributed by atoms with Crippen molar-refractivity contribution in [2.24, 2.45) is 5.73 Å². The zero-order valence-electron chi connectivity index (χ0n) is 11.0. The number of nitro groups is 1. The molecular weight excluding hydrogens is 246 g/mol. The molecule has 6 heteroatoms. The van der Waals surface area contributed by atoms with E-state index in [0.29, 0.717) is 6.54 Å². The third-order valence-corrected chi connectivity index (χ3v) is 3.74. The van der Waals surface area contributed by atoms with Gasteiger partial charge < -0.3 is 15.8 Å². The molecule has 0 spiro atoms. The van der Waals surface area contributed by atoms with Crippen molar-refractivity contribution in [2.75, 3.05) is 19.0 Å². The fourth-order valence-corrected chi connectivity index (χ4v) is 2.64. The molecule has 1 saturated carbocycles. The minimum Gasteiger partial charge on any atom is -0.490 e. The molecule has 1 fully saturated rings. The molecule has 0 saturated heterocycles. The van der Waals surface area contributed by atoms with E-state index in [9.17, 15) is 10.1 Å². The Labute approximate surface area is 112 Å². The van der Waals surface area contributed by atoms with E-state index in [0.717, 1.165) is 31.4 Å². The number of rotatable bonds is 5. The number of nitro benzene ring substituents is 1. The number of hydrogen-bond acceptors (Lipinski definition) is 5. The lowest BCUT2D eigenvalue weighted by molar-refractivity contribution is -0.385. The first-order valence-electron chi connectivity index (χ1n) is 6.41. The molecule has 0 amide bonds. The number of ether oxygens (including phenoxy) is 1. The summed E-state index contributed by atoms with van der Waals surface area (Å²) in [4.78, 5) is 10.4. The van der Waals surface area contributed by atoms with Gasteiger partial charge in [-0.05, 0) is 18.9 Å². The van der Waals surface area contributed by atoms with Crippen molar-refractivity contribution in [3.63, 3.8) is 0 Å². The number of nitrogens with two attached hydrogens (primary N) is 1. The van der Waals surface area contributed by atoms with Gasteiger partial charge in [0.1, 0.15) is 0 Å². The van der Waals surface area contributed by atoms with E-state index in [4.69, 9.17) is 10.5 Å². The van der Waals surface area contributed by atoms with Crippen molar-refractivity contribution in [2.45, 2.75) is 31.2 Å². The lowest BCUT2D eigenvalue weighted by Crippen LogP contribution is -2.42. The van der Waals surface area contributed by atoms with Gasteiger partial charge in [0, 0.05) is 29.9 Å². The SMILES string of the molecule is COc1cc(NC2(CN)CCCC2)ccc1[N+](=O)[O-]. The van der Waals surface area contributed by atoms with Crippen LogP contribution < -0.4 is 15.8 Å². The Morgan fingerprint density at radius 1 is 1.47 bits per heavy atom. The second-order valence-electron chi connectivity index (χ2n) is 4.96. The normalized spacial score (nSPS) is 17.2. The predicted molar refractivity (Wildman–Crippen MR) is 73.5 cm³/mol. The quantitative estimate of drug-likeness (QED) is 0.629. The van der Waals surface area contributed by atoms with Crippen molar-refractivity contribution in [3.05, 3.63) is 28.3 Å². The first-order valence-corrected chi connectivity index (χ1v) is 6.41. The monoisotopic (exact) mass is 265 g/mol. The van der Waals surface area contributed by atoms with Crippen molar-refractivity contribution >= 4 is 11.4 Å². The summed E-state index contributed by atoms with van der Waals surface area (Å²) in [6, 6.07) is 4.82. The lowest BCUT2D eigenvalue weighted by Gasteiger charge is -2.30. The van der Waals surface area contributed by atoms with Crippen LogP contribution in [-0.2, 0) is 0 Å². The average Bonchev–Trinajstić information content (AvgIpc) is 2.87. The molecule has 3 N–H and O–H groups in total. The molecule has 19 heavy (non-hydrogen) atoms. The van der Waals surface area contributed by atoms with E-state index in [1.165, 1.54) is 13.2 Å². The Morgan fingerprint density at radius 3 is 2.68 bits per heavy atom. The Bertz CT molecular complexity index is 470. The zero-order chi connectivity index (χ0) is 13.9. The van der Waals surface area contributed by atoms with Gasteiger partial charge in [-0.15, -0.1) is 0 Å². The minimum atomic E-state index is -0.448. The smallest absolute Gasteiger partial charge is 0.311 e. The minimum absolute atomic E-state index is 0.0266. The molecule has 0 radical (unpaired) electrons. The van der Waals surface area contributed by atoms with Gasteiger partial charge in [-0.25, -0.2) is 0 Å². The summed E-state index contributed by atoms with van der Waals surface area (Å²) in [6.45, 7) is 0.562. The Morgan fingerprint density at radius 2 is 2.16 bits per heavy atom. The molecule has 1 aliphatic carbocycles. The first-order chi connectivity index (χ1) is 9.10. The lowest BCUT2D eigenvalue weighted by atomic mass is 9.97. The van der Waals surface area contributed by atoms with Crippen molar-refractivity contribution in [1.29, 1.82) is 0 Å². The molecule has 1 aliphatic rings. The van der Waals surface area contributed by atoms with E-state index in [2.05, 4.69) is 5.32 Å². The Kier molecular flexibility index (Phi) is 3.90. The number of anilines is 1. The highest BCUT2D eigenvalue weighted by Crippen LogP contribution is 2.35. The van der Waals surface area contributed by atoms with Crippen LogP contribution in [0.5, 0.6) is 5.75 Å². The van der Waals surface area contributed by atoms with Gasteiger partial charge in [-0.2, -0.15) is 0 Å². The molecule has 2 rings (SSSR count). The van der Waals surface area contributed by atoms with Crippen molar-refractivity contribution in [3.8, 4) is 5.75 Å². The molecule has 0 aliphatic heterocycles. The number of nitrogens with one attached hydrogen (secondary N) is 1. The fraction of sp³-hybridized carbons (Fsp3) is 0.538. The van der Waals surface area contributed by atoms with Crippen LogP contribution in [0.15, 0.2) is 18.2 Å². The molecule has 6 nitrogen and oxygen atoms in total. The van der Waals surface area contributed by atoms with Crippen LogP contribution >= 0.6 is 0 Å². The van der Waals surface area contributed by atoms with Crippen LogP contribution in [0.1, 0.15) is 25.7 Å². The molecule has 0 atom stereocenters. The topological polar surface area (TPSA) is 90.4 Å². The van der Waals surface area contributed by atoms with E-state index in [-0.39, 0.29) is 17.0 Å². The third kappa shape index (κ3) is 2.78. The summed E-state index contributed by atoms with van der Waals surface area (Å²) >= 11 is 0. The van der Waals surface area contributed by atoms with Crippen LogP contribution in [0.4, 0.5) is 11.4 Å². The maximum Gasteiger partial charge on any atom is 0.311 e. The fourth-order valence-electron chi connectivity index (χ4n) is 2.64. The summed E-state index contributed by atoms with van der Waals surface area (Å²) in [5.74, 6) is 0.264. The summed E-state index contributed by atoms with van der Waals surface area (Å²) < 4.78 is 5.07. The molecule has 0 aromatic heterocycles. The number of methoxy groups -OCH3 is 1. The van der Waals surface area contributed by atoms with Crippen LogP contribution in [0, 0.1) is 10.1 Å². The van der Waals surface area contributed by atoms with Crippen LogP contribution in [0.3, 0.4) is 0 Å². The maximum atomic E-state index is 10.8. The summed E-state index contributed by atoms with van der Waals surface area (Å²) in [5.41, 5.74) is 6.57. The second kappa shape index (κ2) is 5.44. The first kappa shape index (κ1) is 13.6. The summed E-state index contributed by atoms with van der Waals surface area (Å²) in [7, 11) is 1.43. The molecule has 0 unspecified atom stereocenters. The average molecular weight is 265 g/mol. The van der Waals surface area contributed by atoms with Gasteiger partial charge >= 0.3 is 5.69 Å². The van der Waals surface area contributed by atoms with E-state index in [1.807, 2.05) is 0 Å². The van der Waals surface area contributed by atoms with Gasteiger partial charge in [0.05, 0.1) is 12.0 Å². The number of nitrogens with zero attached hydrogens (tertiary/aromatic N) is 1. The van der Waals surface area contributed by atoms with E-state index in [1.54, 1.807) is 12.1 Å². The van der Waals surface area contributed by atoms with Crippen molar-refractivity contribution in [1.82, 2.24) is 0 Å². The number of hydrogen-bond donors (Lipinski definition) is 2. The van der Waals surface area contributed by atoms with Gasteiger partial charge in [-0.3, -0.25) is 10.1 Å². The van der Waals surface area contributed by atoms with E-state index < -0.39 is 4.92 Å². The largest absolute Gasteiger partial charge is 0.490 e. The van der Waals surface area contributed by atoms with Crippen LogP contribution in [0.2, 0.25) is 0 Å². The van der Waals surface area contributed by atoms with Gasteiger partial charge in [0.25, 0.3) is 0 Å². The molecule has 0 heterocycles. The molecule has 1 aromatic rings. The van der Waals surface area contributed by atoms with Gasteiger partial charge in [0.15, 0.2) is 5.75 Å². The standard InChI is InChI=1S/C13H19N3O3/c1-19-12-8-10(4-5-11(12)16(17)18)15-13(9-14)6-2-3-7-13/h4-5,8,15H,2-3,6-7,9,14H2,1H3. The number of benzene rings is 1. The van der Waals surface area contributed by atoms with Crippen LogP contribution in [0.25, 0.3) is 0 Å². The third-order valence-electron chi connectivity index (χ3n) is 3.74. The highest BCUT2D eigenvalue weighted by molar-refractivity contribution is 5.59. The molecule has 104 valence electrons. The highest BCUT2D eigenvalue weighted by atomic mass is 16.6. The summed E-state index contributed by atoms with van der Waals surface area (Å²) in [6.07, 6.45) is 4.38. The molecular formula is C13H19N3O3. The highest BCUT2D eigenvalue weighted by Gasteiger charge is 2.32. The molecule has 0 bridgehead atoms. The van der Waals surface area contributed by atoms with Crippen LogP contribution in [-0.4, -0.2) is 24.1 Å². The Hall–Kier alpha value is -1.82. The summed E-state index contributed by atoms with van der Waals surface area (Å²) in [5, 5.41) is 14.3. The van der Waals surface area contributed by atoms with Crippen molar-refractivity contribution < 1.29 is 9.66 Å². The zero-order valence-corrected chi connectivity index (χ0v) is 11.0. The Balaban J connectivity index is 2.23.